The fraction of sp³-hybridized carbons (Fsp3) is 1.00. The van der Waals surface area contributed by atoms with Gasteiger partial charge in [0.2, 0.25) is 0 Å². The molecule has 0 saturated heterocycles. The summed E-state index contributed by atoms with van der Waals surface area (Å²) in [6, 6.07) is 0.809. The zero-order chi connectivity index (χ0) is 15.3. The SMILES string of the molecule is CCCCCCCCCC(NCCC)C1CCCC(C)C1. The lowest BCUT2D eigenvalue weighted by atomic mass is 9.77. The van der Waals surface area contributed by atoms with E-state index < -0.39 is 0 Å². The van der Waals surface area contributed by atoms with Crippen molar-refractivity contribution >= 4 is 0 Å². The molecular formula is C20H41N. The van der Waals surface area contributed by atoms with E-state index in [2.05, 4.69) is 26.1 Å². The molecule has 21 heavy (non-hydrogen) atoms. The van der Waals surface area contributed by atoms with Crippen molar-refractivity contribution < 1.29 is 0 Å². The molecule has 1 N–H and O–H groups in total. The standard InChI is InChI=1S/C20H41N/c1-4-6-7-8-9-10-11-15-20(21-16-5-2)19-14-12-13-18(3)17-19/h18-21H,4-17H2,1-3H3. The largest absolute Gasteiger partial charge is 0.314 e. The molecule has 1 rings (SSSR count). The van der Waals surface area contributed by atoms with Gasteiger partial charge in [-0.25, -0.2) is 0 Å². The lowest BCUT2D eigenvalue weighted by molar-refractivity contribution is 0.212. The van der Waals surface area contributed by atoms with Crippen LogP contribution in [0.15, 0.2) is 0 Å². The molecule has 1 fully saturated rings. The smallest absolute Gasteiger partial charge is 0.00954 e. The van der Waals surface area contributed by atoms with Gasteiger partial charge in [0.15, 0.2) is 0 Å². The van der Waals surface area contributed by atoms with Crippen LogP contribution in [0.5, 0.6) is 0 Å². The molecule has 0 spiro atoms. The van der Waals surface area contributed by atoms with Crippen LogP contribution in [0.25, 0.3) is 0 Å². The molecule has 1 nitrogen and oxygen atoms in total. The van der Waals surface area contributed by atoms with Crippen LogP contribution >= 0.6 is 0 Å². The minimum atomic E-state index is 0.809. The summed E-state index contributed by atoms with van der Waals surface area (Å²) in [5.74, 6) is 1.92. The van der Waals surface area contributed by atoms with E-state index in [1.807, 2.05) is 0 Å². The third kappa shape index (κ3) is 8.86. The third-order valence-corrected chi connectivity index (χ3v) is 5.32. The van der Waals surface area contributed by atoms with Gasteiger partial charge in [-0.3, -0.25) is 0 Å². The topological polar surface area (TPSA) is 12.0 Å². The zero-order valence-electron chi connectivity index (χ0n) is 15.1. The highest BCUT2D eigenvalue weighted by Gasteiger charge is 2.25. The molecular weight excluding hydrogens is 254 g/mol. The minimum absolute atomic E-state index is 0.809. The first-order chi connectivity index (χ1) is 10.3. The Kier molecular flexibility index (Phi) is 11.3. The lowest BCUT2D eigenvalue weighted by Crippen LogP contribution is -2.38. The van der Waals surface area contributed by atoms with E-state index in [0.717, 1.165) is 17.9 Å². The summed E-state index contributed by atoms with van der Waals surface area (Å²) in [6.45, 7) is 8.26. The van der Waals surface area contributed by atoms with Crippen molar-refractivity contribution in [2.24, 2.45) is 11.8 Å². The molecule has 1 aliphatic rings. The maximum atomic E-state index is 3.87. The van der Waals surface area contributed by atoms with Crippen LogP contribution in [0.3, 0.4) is 0 Å². The average Bonchev–Trinajstić information content (AvgIpc) is 2.49. The summed E-state index contributed by atoms with van der Waals surface area (Å²) in [5.41, 5.74) is 0. The summed E-state index contributed by atoms with van der Waals surface area (Å²) in [5, 5.41) is 3.87. The molecule has 1 aliphatic carbocycles. The Bertz CT molecular complexity index is 226. The van der Waals surface area contributed by atoms with Gasteiger partial charge in [-0.05, 0) is 44.1 Å². The monoisotopic (exact) mass is 295 g/mol. The highest BCUT2D eigenvalue weighted by atomic mass is 14.9. The average molecular weight is 296 g/mol. The maximum absolute atomic E-state index is 3.87. The predicted octanol–water partition coefficient (Wildman–Crippen LogP) is 6.32. The molecule has 0 heterocycles. The Morgan fingerprint density at radius 3 is 2.29 bits per heavy atom. The van der Waals surface area contributed by atoms with Gasteiger partial charge in [0.25, 0.3) is 0 Å². The van der Waals surface area contributed by atoms with Gasteiger partial charge in [0.1, 0.15) is 0 Å². The van der Waals surface area contributed by atoms with Crippen molar-refractivity contribution in [3.8, 4) is 0 Å². The van der Waals surface area contributed by atoms with Crippen molar-refractivity contribution in [2.75, 3.05) is 6.54 Å². The van der Waals surface area contributed by atoms with Crippen molar-refractivity contribution in [3.63, 3.8) is 0 Å². The highest BCUT2D eigenvalue weighted by Crippen LogP contribution is 2.32. The Hall–Kier alpha value is -0.0400. The van der Waals surface area contributed by atoms with Crippen molar-refractivity contribution in [3.05, 3.63) is 0 Å². The Labute approximate surface area is 134 Å². The molecule has 3 unspecified atom stereocenters. The summed E-state index contributed by atoms with van der Waals surface area (Å²) in [4.78, 5) is 0. The van der Waals surface area contributed by atoms with Crippen LogP contribution < -0.4 is 5.32 Å². The number of unbranched alkanes of at least 4 members (excludes halogenated alkanes) is 6. The van der Waals surface area contributed by atoms with Crippen molar-refractivity contribution in [1.82, 2.24) is 5.32 Å². The molecule has 0 aromatic rings. The first-order valence-corrected chi connectivity index (χ1v) is 10.0. The summed E-state index contributed by atoms with van der Waals surface area (Å²) in [6.07, 6.45) is 18.6. The fourth-order valence-corrected chi connectivity index (χ4v) is 4.00. The van der Waals surface area contributed by atoms with Crippen molar-refractivity contribution in [1.29, 1.82) is 0 Å². The first-order valence-electron chi connectivity index (χ1n) is 10.0. The fourth-order valence-electron chi connectivity index (χ4n) is 4.00. The minimum Gasteiger partial charge on any atom is -0.314 e. The Morgan fingerprint density at radius 2 is 1.62 bits per heavy atom. The highest BCUT2D eigenvalue weighted by molar-refractivity contribution is 4.81. The second kappa shape index (κ2) is 12.5. The third-order valence-electron chi connectivity index (χ3n) is 5.32. The molecule has 1 saturated carbocycles. The molecule has 0 radical (unpaired) electrons. The quantitative estimate of drug-likeness (QED) is 0.415. The number of hydrogen-bond donors (Lipinski definition) is 1. The number of hydrogen-bond acceptors (Lipinski definition) is 1. The second-order valence-corrected chi connectivity index (χ2v) is 7.50. The van der Waals surface area contributed by atoms with Gasteiger partial charge in [0.05, 0.1) is 0 Å². The summed E-state index contributed by atoms with van der Waals surface area (Å²) >= 11 is 0. The van der Waals surface area contributed by atoms with Crippen LogP contribution in [-0.2, 0) is 0 Å². The molecule has 126 valence electrons. The van der Waals surface area contributed by atoms with Crippen LogP contribution in [0, 0.1) is 11.8 Å². The molecule has 0 aromatic carbocycles. The van der Waals surface area contributed by atoms with E-state index in [9.17, 15) is 0 Å². The Balaban J connectivity index is 2.19. The second-order valence-electron chi connectivity index (χ2n) is 7.50. The predicted molar refractivity (Wildman–Crippen MR) is 95.8 cm³/mol. The molecule has 0 bridgehead atoms. The number of rotatable bonds is 12. The van der Waals surface area contributed by atoms with E-state index in [1.54, 1.807) is 0 Å². The van der Waals surface area contributed by atoms with Gasteiger partial charge in [-0.2, -0.15) is 0 Å². The molecule has 0 aromatic heterocycles. The van der Waals surface area contributed by atoms with E-state index in [1.165, 1.54) is 90.0 Å². The molecule has 0 amide bonds. The normalized spacial score (nSPS) is 24.1. The van der Waals surface area contributed by atoms with Gasteiger partial charge in [-0.15, -0.1) is 0 Å². The van der Waals surface area contributed by atoms with Gasteiger partial charge in [0, 0.05) is 6.04 Å². The first kappa shape index (κ1) is 19.0. The van der Waals surface area contributed by atoms with E-state index >= 15 is 0 Å². The zero-order valence-corrected chi connectivity index (χ0v) is 15.1. The van der Waals surface area contributed by atoms with Crippen LogP contribution in [0.2, 0.25) is 0 Å². The van der Waals surface area contributed by atoms with Crippen molar-refractivity contribution in [2.45, 2.75) is 110 Å². The van der Waals surface area contributed by atoms with Crippen LogP contribution in [0.4, 0.5) is 0 Å². The summed E-state index contributed by atoms with van der Waals surface area (Å²) < 4.78 is 0. The van der Waals surface area contributed by atoms with Gasteiger partial charge < -0.3 is 5.32 Å². The van der Waals surface area contributed by atoms with Crippen LogP contribution in [-0.4, -0.2) is 12.6 Å². The number of nitrogens with one attached hydrogen (secondary N) is 1. The lowest BCUT2D eigenvalue weighted by Gasteiger charge is -2.34. The molecule has 1 heteroatoms. The summed E-state index contributed by atoms with van der Waals surface area (Å²) in [7, 11) is 0. The molecule has 3 atom stereocenters. The van der Waals surface area contributed by atoms with Crippen LogP contribution in [0.1, 0.15) is 104 Å². The van der Waals surface area contributed by atoms with E-state index in [0.29, 0.717) is 0 Å². The van der Waals surface area contributed by atoms with Gasteiger partial charge in [-0.1, -0.05) is 78.6 Å². The maximum Gasteiger partial charge on any atom is 0.00954 e. The molecule has 0 aliphatic heterocycles. The van der Waals surface area contributed by atoms with E-state index in [-0.39, 0.29) is 0 Å². The Morgan fingerprint density at radius 1 is 0.905 bits per heavy atom. The van der Waals surface area contributed by atoms with Gasteiger partial charge >= 0.3 is 0 Å². The van der Waals surface area contributed by atoms with E-state index in [4.69, 9.17) is 0 Å².